The van der Waals surface area contributed by atoms with Crippen LogP contribution in [0, 0.1) is 6.92 Å². The van der Waals surface area contributed by atoms with Crippen molar-refractivity contribution in [1.29, 1.82) is 0 Å². The molecular formula is C20H19N3O2. The van der Waals surface area contributed by atoms with Gasteiger partial charge in [-0.2, -0.15) is 0 Å². The van der Waals surface area contributed by atoms with Gasteiger partial charge >= 0.3 is 0 Å². The van der Waals surface area contributed by atoms with Crippen LogP contribution in [0.3, 0.4) is 0 Å². The van der Waals surface area contributed by atoms with Crippen molar-refractivity contribution in [2.75, 3.05) is 0 Å². The van der Waals surface area contributed by atoms with Crippen molar-refractivity contribution in [2.45, 2.75) is 19.4 Å². The number of aryl methyl sites for hydroxylation is 1. The van der Waals surface area contributed by atoms with E-state index in [1.165, 1.54) is 0 Å². The Bertz CT molecular complexity index is 937. The highest BCUT2D eigenvalue weighted by molar-refractivity contribution is 5.97. The van der Waals surface area contributed by atoms with Crippen molar-refractivity contribution >= 4 is 22.7 Å². The zero-order valence-electron chi connectivity index (χ0n) is 13.9. The van der Waals surface area contributed by atoms with Crippen LogP contribution in [0.15, 0.2) is 60.7 Å². The number of rotatable bonds is 5. The summed E-state index contributed by atoms with van der Waals surface area (Å²) in [5.74, 6) is -0.986. The van der Waals surface area contributed by atoms with Gasteiger partial charge in [0.05, 0.1) is 5.52 Å². The zero-order chi connectivity index (χ0) is 17.8. The Hall–Kier alpha value is -3.21. The van der Waals surface area contributed by atoms with E-state index < -0.39 is 17.9 Å². The lowest BCUT2D eigenvalue weighted by Gasteiger charge is -2.16. The number of nitrogens with one attached hydrogen (secondary N) is 1. The molecule has 5 nitrogen and oxygen atoms in total. The molecule has 0 unspecified atom stereocenters. The fraction of sp³-hybridized carbons (Fsp3) is 0.150. The second-order valence-electron chi connectivity index (χ2n) is 5.95. The lowest BCUT2D eigenvalue weighted by Crippen LogP contribution is -2.46. The average Bonchev–Trinajstić information content (AvgIpc) is 2.62. The van der Waals surface area contributed by atoms with E-state index >= 15 is 0 Å². The molecule has 0 saturated carbocycles. The summed E-state index contributed by atoms with van der Waals surface area (Å²) < 4.78 is 0. The highest BCUT2D eigenvalue weighted by Crippen LogP contribution is 2.13. The van der Waals surface area contributed by atoms with Crippen molar-refractivity contribution in [3.63, 3.8) is 0 Å². The van der Waals surface area contributed by atoms with Crippen molar-refractivity contribution < 1.29 is 9.59 Å². The van der Waals surface area contributed by atoms with Gasteiger partial charge in [0, 0.05) is 11.8 Å². The van der Waals surface area contributed by atoms with E-state index in [4.69, 9.17) is 5.73 Å². The molecule has 25 heavy (non-hydrogen) atoms. The van der Waals surface area contributed by atoms with Crippen LogP contribution >= 0.6 is 0 Å². The summed E-state index contributed by atoms with van der Waals surface area (Å²) in [7, 11) is 0. The number of primary amides is 1. The highest BCUT2D eigenvalue weighted by atomic mass is 16.2. The topological polar surface area (TPSA) is 85.1 Å². The third-order valence-electron chi connectivity index (χ3n) is 4.17. The smallest absolute Gasteiger partial charge is 0.270 e. The number of hydrogen-bond acceptors (Lipinski definition) is 3. The largest absolute Gasteiger partial charge is 0.368 e. The van der Waals surface area contributed by atoms with Crippen LogP contribution in [0.2, 0.25) is 0 Å². The third-order valence-corrected chi connectivity index (χ3v) is 4.17. The molecule has 0 aliphatic rings. The van der Waals surface area contributed by atoms with Gasteiger partial charge in [-0.1, -0.05) is 48.5 Å². The Balaban J connectivity index is 1.80. The molecule has 0 aliphatic heterocycles. The molecule has 3 aromatic rings. The molecule has 0 fully saturated rings. The van der Waals surface area contributed by atoms with Gasteiger partial charge in [0.25, 0.3) is 5.91 Å². The number of carbonyl (C=O) groups is 2. The second kappa shape index (κ2) is 7.13. The van der Waals surface area contributed by atoms with Crippen LogP contribution in [-0.2, 0) is 11.2 Å². The van der Waals surface area contributed by atoms with Crippen LogP contribution in [0.4, 0.5) is 0 Å². The number of amides is 2. The Morgan fingerprint density at radius 1 is 1.04 bits per heavy atom. The fourth-order valence-corrected chi connectivity index (χ4v) is 2.71. The van der Waals surface area contributed by atoms with Gasteiger partial charge in [-0.15, -0.1) is 0 Å². The number of pyridine rings is 1. The fourth-order valence-electron chi connectivity index (χ4n) is 2.71. The van der Waals surface area contributed by atoms with E-state index in [0.29, 0.717) is 6.42 Å². The van der Waals surface area contributed by atoms with Crippen LogP contribution in [-0.4, -0.2) is 22.8 Å². The maximum absolute atomic E-state index is 12.5. The number of para-hydroxylation sites is 1. The van der Waals surface area contributed by atoms with Gasteiger partial charge in [0.15, 0.2) is 0 Å². The Morgan fingerprint density at radius 3 is 2.52 bits per heavy atom. The molecule has 2 amide bonds. The summed E-state index contributed by atoms with van der Waals surface area (Å²) in [5, 5.41) is 3.65. The number of hydrogen-bond donors (Lipinski definition) is 2. The zero-order valence-corrected chi connectivity index (χ0v) is 13.9. The number of nitrogens with zero attached hydrogens (tertiary/aromatic N) is 1. The quantitative estimate of drug-likeness (QED) is 0.752. The van der Waals surface area contributed by atoms with Crippen molar-refractivity contribution in [2.24, 2.45) is 5.73 Å². The Morgan fingerprint density at radius 2 is 1.76 bits per heavy atom. The minimum absolute atomic E-state index is 0.259. The first kappa shape index (κ1) is 16.6. The van der Waals surface area contributed by atoms with E-state index in [1.807, 2.05) is 61.5 Å². The first-order valence-electron chi connectivity index (χ1n) is 8.05. The van der Waals surface area contributed by atoms with Crippen LogP contribution < -0.4 is 11.1 Å². The van der Waals surface area contributed by atoms with E-state index in [2.05, 4.69) is 10.3 Å². The van der Waals surface area contributed by atoms with Gasteiger partial charge in [-0.05, 0) is 30.2 Å². The Labute approximate surface area is 145 Å². The van der Waals surface area contributed by atoms with Crippen molar-refractivity contribution in [3.8, 4) is 0 Å². The number of carbonyl (C=O) groups excluding carboxylic acids is 2. The lowest BCUT2D eigenvalue weighted by atomic mass is 10.0. The van der Waals surface area contributed by atoms with Crippen LogP contribution in [0.5, 0.6) is 0 Å². The normalized spacial score (nSPS) is 11.9. The average molecular weight is 333 g/mol. The van der Waals surface area contributed by atoms with Crippen LogP contribution in [0.25, 0.3) is 10.9 Å². The summed E-state index contributed by atoms with van der Waals surface area (Å²) in [5.41, 5.74) is 8.48. The van der Waals surface area contributed by atoms with E-state index in [9.17, 15) is 9.59 Å². The molecule has 0 bridgehead atoms. The van der Waals surface area contributed by atoms with Gasteiger partial charge in [-0.25, -0.2) is 4.98 Å². The molecular weight excluding hydrogens is 314 g/mol. The number of aromatic nitrogens is 1. The molecule has 2 aromatic carbocycles. The molecule has 1 heterocycles. The molecule has 1 atom stereocenters. The lowest BCUT2D eigenvalue weighted by molar-refractivity contribution is -0.119. The first-order valence-corrected chi connectivity index (χ1v) is 8.05. The summed E-state index contributed by atoms with van der Waals surface area (Å²) in [6.45, 7) is 1.96. The Kier molecular flexibility index (Phi) is 4.75. The van der Waals surface area contributed by atoms with E-state index in [0.717, 1.165) is 22.0 Å². The number of fused-ring (bicyclic) bond motifs is 1. The summed E-state index contributed by atoms with van der Waals surface area (Å²) in [6.07, 6.45) is 0.349. The monoisotopic (exact) mass is 333 g/mol. The molecule has 1 aromatic heterocycles. The van der Waals surface area contributed by atoms with Crippen molar-refractivity contribution in [3.05, 3.63) is 77.5 Å². The van der Waals surface area contributed by atoms with Gasteiger partial charge < -0.3 is 11.1 Å². The van der Waals surface area contributed by atoms with Gasteiger partial charge in [0.2, 0.25) is 5.91 Å². The highest BCUT2D eigenvalue weighted by Gasteiger charge is 2.21. The standard InChI is InChI=1S/C20H19N3O2/c1-13-6-2-3-8-15(13)12-18(19(21)24)23-20(25)17-11-10-14-7-4-5-9-16(14)22-17/h2-11,18H,12H2,1H3,(H2,21,24)(H,23,25)/t18-/m1/s1. The summed E-state index contributed by atoms with van der Waals surface area (Å²) in [4.78, 5) is 28.6. The minimum Gasteiger partial charge on any atom is -0.368 e. The minimum atomic E-state index is -0.790. The molecule has 5 heteroatoms. The van der Waals surface area contributed by atoms with Gasteiger partial charge in [-0.3, -0.25) is 9.59 Å². The predicted molar refractivity (Wildman–Crippen MR) is 97.1 cm³/mol. The second-order valence-corrected chi connectivity index (χ2v) is 5.95. The molecule has 3 rings (SSSR count). The van der Waals surface area contributed by atoms with E-state index in [1.54, 1.807) is 6.07 Å². The molecule has 0 radical (unpaired) electrons. The molecule has 126 valence electrons. The number of nitrogens with two attached hydrogens (primary N) is 1. The van der Waals surface area contributed by atoms with Gasteiger partial charge in [0.1, 0.15) is 11.7 Å². The van der Waals surface area contributed by atoms with E-state index in [-0.39, 0.29) is 5.69 Å². The summed E-state index contributed by atoms with van der Waals surface area (Å²) >= 11 is 0. The molecule has 0 spiro atoms. The maximum atomic E-state index is 12.5. The molecule has 0 saturated heterocycles. The molecule has 3 N–H and O–H groups in total. The van der Waals surface area contributed by atoms with Crippen LogP contribution in [0.1, 0.15) is 21.6 Å². The maximum Gasteiger partial charge on any atom is 0.270 e. The number of benzene rings is 2. The predicted octanol–water partition coefficient (Wildman–Crippen LogP) is 2.37. The SMILES string of the molecule is Cc1ccccc1C[C@@H](NC(=O)c1ccc2ccccc2n1)C(N)=O. The summed E-state index contributed by atoms with van der Waals surface area (Å²) in [6, 6.07) is 17.9. The molecule has 0 aliphatic carbocycles. The third kappa shape index (κ3) is 3.83. The van der Waals surface area contributed by atoms with Crippen molar-refractivity contribution in [1.82, 2.24) is 10.3 Å². The first-order chi connectivity index (χ1) is 12.0.